The summed E-state index contributed by atoms with van der Waals surface area (Å²) in [6.45, 7) is 3.28. The summed E-state index contributed by atoms with van der Waals surface area (Å²) in [4.78, 5) is 22.6. The highest BCUT2D eigenvalue weighted by Gasteiger charge is 2.26. The van der Waals surface area contributed by atoms with Crippen LogP contribution in [0.3, 0.4) is 0 Å². The van der Waals surface area contributed by atoms with Crippen molar-refractivity contribution < 1.29 is 43.0 Å². The Bertz CT molecular complexity index is 1170. The smallest absolute Gasteiger partial charge is 0.457 e. The number of ether oxygens (including phenoxy) is 2. The van der Waals surface area contributed by atoms with Gasteiger partial charge in [-0.2, -0.15) is 0 Å². The Morgan fingerprint density at radius 2 is 0.983 bits per heavy atom. The number of carbonyl (C=O) groups excluding carboxylic acids is 1. The second-order valence-electron chi connectivity index (χ2n) is 14.7. The van der Waals surface area contributed by atoms with E-state index in [9.17, 15) is 19.4 Å². The predicted molar refractivity (Wildman–Crippen MR) is 242 cm³/mol. The third-order valence-electron chi connectivity index (χ3n) is 9.05. The van der Waals surface area contributed by atoms with E-state index in [1.807, 2.05) is 0 Å². The van der Waals surface area contributed by atoms with Gasteiger partial charge in [0.1, 0.15) is 12.2 Å². The predicted octanol–water partition coefficient (Wildman–Crippen LogP) is 12.7. The lowest BCUT2D eigenvalue weighted by Crippen LogP contribution is -2.29. The Balaban J connectivity index is 4.18. The Morgan fingerprint density at radius 1 is 0.552 bits per heavy atom. The number of aliphatic hydroxyl groups excluding tert-OH is 2. The number of phosphoric acid groups is 1. The van der Waals surface area contributed by atoms with Crippen molar-refractivity contribution in [3.8, 4) is 0 Å². The maximum atomic E-state index is 12.6. The topological polar surface area (TPSA) is 132 Å². The molecule has 0 bridgehead atoms. The van der Waals surface area contributed by atoms with E-state index in [1.165, 1.54) is 44.9 Å². The molecule has 0 radical (unpaired) electrons. The lowest BCUT2D eigenvalue weighted by atomic mass is 10.1. The highest BCUT2D eigenvalue weighted by Crippen LogP contribution is 2.43. The van der Waals surface area contributed by atoms with E-state index in [4.69, 9.17) is 23.6 Å². The molecule has 3 unspecified atom stereocenters. The van der Waals surface area contributed by atoms with Crippen LogP contribution in [0.1, 0.15) is 168 Å². The minimum Gasteiger partial charge on any atom is -0.457 e. The Morgan fingerprint density at radius 3 is 1.48 bits per heavy atom. The highest BCUT2D eigenvalue weighted by molar-refractivity contribution is 7.47. The van der Waals surface area contributed by atoms with Crippen LogP contribution in [0, 0.1) is 0 Å². The number of allylic oxidation sites excluding steroid dienone is 14. The minimum absolute atomic E-state index is 0.0323. The molecular formula is C48H83O9P. The van der Waals surface area contributed by atoms with Crippen molar-refractivity contribution in [3.05, 3.63) is 85.1 Å². The quantitative estimate of drug-likeness (QED) is 0.0238. The van der Waals surface area contributed by atoms with Crippen molar-refractivity contribution >= 4 is 13.8 Å². The number of unbranched alkanes of at least 4 members (excludes halogenated alkanes) is 14. The first-order chi connectivity index (χ1) is 28.3. The number of esters is 1. The third-order valence-corrected chi connectivity index (χ3v) is 10.00. The van der Waals surface area contributed by atoms with Crippen molar-refractivity contribution in [1.82, 2.24) is 0 Å². The van der Waals surface area contributed by atoms with Crippen molar-refractivity contribution in [2.24, 2.45) is 0 Å². The fraction of sp³-hybridized carbons (Fsp3) is 0.688. The SMILES string of the molecule is CC/C=C\C/C=C\C/C=C\C/C=C\C/C=C\CCCCCCCCCC(=O)OC(COCCCCCCCC/C=C\C/C=C\CCC)COP(=O)(O)OCC(O)CO. The van der Waals surface area contributed by atoms with Crippen LogP contribution in [0.15, 0.2) is 85.1 Å². The molecule has 0 heterocycles. The standard InChI is InChI=1S/C48H83O9P/c1-3-5-7-9-11-13-15-17-19-20-21-22-23-24-25-26-27-28-30-32-34-36-38-40-48(51)57-47(45-56-58(52,53)55-43-46(50)42-49)44-54-41-39-37-35-33-31-29-18-16-14-12-10-8-6-4-2/h5,7-8,10-11,13-14,16-17,19,21-22,24-25,46-47,49-50H,3-4,6,9,12,15,18,20,23,26-45H2,1-2H3,(H,52,53)/b7-5-,10-8-,13-11-,16-14-,19-17-,22-21-,25-24-. The monoisotopic (exact) mass is 835 g/mol. The summed E-state index contributed by atoms with van der Waals surface area (Å²) in [5.74, 6) is -0.401. The Labute approximate surface area is 354 Å². The summed E-state index contributed by atoms with van der Waals surface area (Å²) in [6.07, 6.45) is 53.9. The summed E-state index contributed by atoms with van der Waals surface area (Å²) in [6, 6.07) is 0. The molecule has 0 fully saturated rings. The second-order valence-corrected chi connectivity index (χ2v) is 16.1. The van der Waals surface area contributed by atoms with Crippen molar-refractivity contribution in [3.63, 3.8) is 0 Å². The molecule has 58 heavy (non-hydrogen) atoms. The lowest BCUT2D eigenvalue weighted by molar-refractivity contribution is -0.154. The molecule has 3 atom stereocenters. The number of phosphoric ester groups is 1. The van der Waals surface area contributed by atoms with Gasteiger partial charge in [0.15, 0.2) is 0 Å². The summed E-state index contributed by atoms with van der Waals surface area (Å²) in [5.41, 5.74) is 0. The van der Waals surface area contributed by atoms with Crippen LogP contribution in [0.25, 0.3) is 0 Å². The molecular weight excluding hydrogens is 751 g/mol. The van der Waals surface area contributed by atoms with Gasteiger partial charge in [0, 0.05) is 13.0 Å². The van der Waals surface area contributed by atoms with Gasteiger partial charge in [0.25, 0.3) is 0 Å². The molecule has 9 nitrogen and oxygen atoms in total. The van der Waals surface area contributed by atoms with Crippen LogP contribution >= 0.6 is 7.82 Å². The summed E-state index contributed by atoms with van der Waals surface area (Å²) in [7, 11) is -4.53. The van der Waals surface area contributed by atoms with Gasteiger partial charge in [0.2, 0.25) is 0 Å². The van der Waals surface area contributed by atoms with Crippen LogP contribution in [0.5, 0.6) is 0 Å². The normalized spacial score (nSPS) is 14.8. The molecule has 0 aromatic rings. The summed E-state index contributed by atoms with van der Waals surface area (Å²) in [5, 5.41) is 18.4. The van der Waals surface area contributed by atoms with Gasteiger partial charge in [-0.1, -0.05) is 163 Å². The number of hydrogen-bond donors (Lipinski definition) is 3. The van der Waals surface area contributed by atoms with Crippen molar-refractivity contribution in [2.45, 2.75) is 180 Å². The fourth-order valence-electron chi connectivity index (χ4n) is 5.65. The first-order valence-corrected chi connectivity index (χ1v) is 24.1. The van der Waals surface area contributed by atoms with Gasteiger partial charge in [-0.25, -0.2) is 4.57 Å². The minimum atomic E-state index is -4.53. The van der Waals surface area contributed by atoms with Crippen LogP contribution in [0.4, 0.5) is 0 Å². The van der Waals surface area contributed by atoms with Gasteiger partial charge in [-0.15, -0.1) is 0 Å². The van der Waals surface area contributed by atoms with Crippen LogP contribution in [0.2, 0.25) is 0 Å². The zero-order valence-corrected chi connectivity index (χ0v) is 37.4. The molecule has 0 aromatic heterocycles. The molecule has 0 rings (SSSR count). The van der Waals surface area contributed by atoms with E-state index in [0.717, 1.165) is 96.3 Å². The molecule has 0 saturated carbocycles. The van der Waals surface area contributed by atoms with Gasteiger partial charge in [-0.3, -0.25) is 13.8 Å². The van der Waals surface area contributed by atoms with Gasteiger partial charge >= 0.3 is 13.8 Å². The zero-order chi connectivity index (χ0) is 42.5. The number of rotatable bonds is 42. The molecule has 0 aliphatic heterocycles. The maximum Gasteiger partial charge on any atom is 0.472 e. The maximum absolute atomic E-state index is 12.6. The molecule has 334 valence electrons. The van der Waals surface area contributed by atoms with Gasteiger partial charge in [-0.05, 0) is 83.5 Å². The number of carbonyl (C=O) groups is 1. The van der Waals surface area contributed by atoms with E-state index in [-0.39, 0.29) is 13.0 Å². The van der Waals surface area contributed by atoms with E-state index >= 15 is 0 Å². The van der Waals surface area contributed by atoms with Gasteiger partial charge < -0.3 is 24.6 Å². The van der Waals surface area contributed by atoms with E-state index in [1.54, 1.807) is 0 Å². The summed E-state index contributed by atoms with van der Waals surface area (Å²) < 4.78 is 33.4. The van der Waals surface area contributed by atoms with Crippen LogP contribution < -0.4 is 0 Å². The molecule has 0 saturated heterocycles. The van der Waals surface area contributed by atoms with Crippen molar-refractivity contribution in [2.75, 3.05) is 33.0 Å². The van der Waals surface area contributed by atoms with Crippen LogP contribution in [-0.4, -0.2) is 66.3 Å². The molecule has 0 aliphatic carbocycles. The van der Waals surface area contributed by atoms with Crippen molar-refractivity contribution in [1.29, 1.82) is 0 Å². The molecule has 0 amide bonds. The Hall–Kier alpha value is -2.36. The van der Waals surface area contributed by atoms with Gasteiger partial charge in [0.05, 0.1) is 26.4 Å². The zero-order valence-electron chi connectivity index (χ0n) is 36.5. The van der Waals surface area contributed by atoms with E-state index < -0.39 is 45.8 Å². The molecule has 10 heteroatoms. The molecule has 0 spiro atoms. The first-order valence-electron chi connectivity index (χ1n) is 22.6. The average molecular weight is 835 g/mol. The highest BCUT2D eigenvalue weighted by atomic mass is 31.2. The lowest BCUT2D eigenvalue weighted by Gasteiger charge is -2.20. The third kappa shape index (κ3) is 43.2. The van der Waals surface area contributed by atoms with Crippen LogP contribution in [-0.2, 0) is 27.9 Å². The fourth-order valence-corrected chi connectivity index (χ4v) is 6.44. The Kier molecular flexibility index (Phi) is 42.4. The average Bonchev–Trinajstić information content (AvgIpc) is 3.21. The first kappa shape index (κ1) is 55.6. The molecule has 0 aliphatic rings. The number of hydrogen-bond acceptors (Lipinski definition) is 8. The van der Waals surface area contributed by atoms with E-state index in [0.29, 0.717) is 13.0 Å². The van der Waals surface area contributed by atoms with E-state index in [2.05, 4.69) is 98.9 Å². The molecule has 3 N–H and O–H groups in total. The largest absolute Gasteiger partial charge is 0.472 e. The summed E-state index contributed by atoms with van der Waals surface area (Å²) >= 11 is 0. The number of aliphatic hydroxyl groups is 2. The molecule has 0 aromatic carbocycles. The second kappa shape index (κ2) is 44.2.